The van der Waals surface area contributed by atoms with E-state index in [0.717, 1.165) is 32.1 Å². The highest BCUT2D eigenvalue weighted by Gasteiger charge is 2.62. The third-order valence-electron chi connectivity index (χ3n) is 9.25. The summed E-state index contributed by atoms with van der Waals surface area (Å²) in [5, 5.41) is 0. The number of hydrogen-bond donors (Lipinski definition) is 0. The summed E-state index contributed by atoms with van der Waals surface area (Å²) >= 11 is 0. The van der Waals surface area contributed by atoms with Crippen molar-refractivity contribution in [3.05, 3.63) is 0 Å². The number of esters is 1. The zero-order valence-electron chi connectivity index (χ0n) is 18.7. The smallest absolute Gasteiger partial charge is 0.310 e. The second-order valence-electron chi connectivity index (χ2n) is 11.7. The fourth-order valence-electron chi connectivity index (χ4n) is 7.91. The molecule has 28 heavy (non-hydrogen) atoms. The van der Waals surface area contributed by atoms with E-state index in [2.05, 4.69) is 18.7 Å². The highest BCUT2D eigenvalue weighted by molar-refractivity contribution is 5.77. The van der Waals surface area contributed by atoms with Gasteiger partial charge in [0, 0.05) is 19.5 Å². The summed E-state index contributed by atoms with van der Waals surface area (Å²) in [7, 11) is 2.02. The topological polar surface area (TPSA) is 46.6 Å². The molecular formula is C24H39NO3. The van der Waals surface area contributed by atoms with Gasteiger partial charge in [0.1, 0.15) is 5.60 Å². The van der Waals surface area contributed by atoms with Crippen molar-refractivity contribution in [1.29, 1.82) is 0 Å². The van der Waals surface area contributed by atoms with E-state index in [0.29, 0.717) is 36.1 Å². The van der Waals surface area contributed by atoms with Crippen molar-refractivity contribution in [3.63, 3.8) is 0 Å². The number of carbonyl (C=O) groups is 2. The van der Waals surface area contributed by atoms with Gasteiger partial charge in [-0.15, -0.1) is 0 Å². The first-order chi connectivity index (χ1) is 13.0. The van der Waals surface area contributed by atoms with Gasteiger partial charge >= 0.3 is 5.97 Å². The van der Waals surface area contributed by atoms with E-state index in [1.54, 1.807) is 0 Å². The normalized spacial score (nSPS) is 45.9. The number of amides is 1. The van der Waals surface area contributed by atoms with Gasteiger partial charge in [-0.05, 0) is 94.3 Å². The maximum atomic E-state index is 13.0. The van der Waals surface area contributed by atoms with Crippen LogP contribution < -0.4 is 0 Å². The third-order valence-corrected chi connectivity index (χ3v) is 9.25. The van der Waals surface area contributed by atoms with Gasteiger partial charge in [-0.1, -0.05) is 13.8 Å². The fraction of sp³-hybridized carbons (Fsp3) is 0.917. The SMILES string of the molecule is CN1C(=O)CC[C@@]2(C)C1CC[C@H]1[C@@H]3CC[C@H](C(=O)OC(C)(C)C)[C@@]3(C)CC[C@@H]12. The number of carbonyl (C=O) groups excluding carboxylic acids is 2. The molecule has 0 N–H and O–H groups in total. The van der Waals surface area contributed by atoms with E-state index in [-0.39, 0.29) is 22.7 Å². The van der Waals surface area contributed by atoms with E-state index >= 15 is 0 Å². The molecule has 0 bridgehead atoms. The zero-order chi connectivity index (χ0) is 20.5. The standard InChI is InChI=1S/C24H39NO3/c1-22(2,3)28-21(27)18-9-8-16-15-7-10-19-24(5,14-12-20(26)25(19)6)17(15)11-13-23(16,18)4/h15-19H,7-14H2,1-6H3/t15-,16-,17-,18+,19?,23-,24+/m0/s1. The van der Waals surface area contributed by atoms with Gasteiger partial charge in [-0.2, -0.15) is 0 Å². The maximum Gasteiger partial charge on any atom is 0.310 e. The molecule has 4 fully saturated rings. The summed E-state index contributed by atoms with van der Waals surface area (Å²) in [5.74, 6) is 2.43. The number of piperidine rings is 1. The Labute approximate surface area is 170 Å². The van der Waals surface area contributed by atoms with Gasteiger partial charge < -0.3 is 9.64 Å². The Kier molecular flexibility index (Phi) is 4.67. The van der Waals surface area contributed by atoms with E-state index in [4.69, 9.17) is 4.74 Å². The van der Waals surface area contributed by atoms with Gasteiger partial charge in [-0.25, -0.2) is 0 Å². The summed E-state index contributed by atoms with van der Waals surface area (Å²) in [4.78, 5) is 27.3. The molecule has 0 spiro atoms. The molecule has 1 saturated heterocycles. The molecule has 4 rings (SSSR count). The number of likely N-dealkylation sites (tertiary alicyclic amines) is 1. The average Bonchev–Trinajstić information content (AvgIpc) is 2.94. The highest BCUT2D eigenvalue weighted by Crippen LogP contribution is 2.66. The van der Waals surface area contributed by atoms with Gasteiger partial charge in [0.25, 0.3) is 0 Å². The van der Waals surface area contributed by atoms with Crippen LogP contribution in [0, 0.1) is 34.5 Å². The van der Waals surface area contributed by atoms with Crippen molar-refractivity contribution in [2.45, 2.75) is 97.6 Å². The summed E-state index contributed by atoms with van der Waals surface area (Å²) in [6.07, 6.45) is 8.56. The number of nitrogens with zero attached hydrogens (tertiary/aromatic N) is 1. The molecule has 0 aromatic heterocycles. The molecule has 7 atom stereocenters. The molecule has 4 aliphatic rings. The molecule has 4 heteroatoms. The Balaban J connectivity index is 1.57. The van der Waals surface area contributed by atoms with Crippen LogP contribution in [0.15, 0.2) is 0 Å². The van der Waals surface area contributed by atoms with Gasteiger partial charge in [0.05, 0.1) is 5.92 Å². The minimum Gasteiger partial charge on any atom is -0.460 e. The van der Waals surface area contributed by atoms with Crippen molar-refractivity contribution in [2.75, 3.05) is 7.05 Å². The molecule has 0 radical (unpaired) electrons. The van der Waals surface area contributed by atoms with Crippen LogP contribution in [-0.4, -0.2) is 35.5 Å². The van der Waals surface area contributed by atoms with Crippen LogP contribution in [0.5, 0.6) is 0 Å². The molecule has 1 amide bonds. The maximum absolute atomic E-state index is 13.0. The number of fused-ring (bicyclic) bond motifs is 5. The minimum atomic E-state index is -0.409. The molecule has 0 aromatic carbocycles. The van der Waals surface area contributed by atoms with Crippen molar-refractivity contribution < 1.29 is 14.3 Å². The van der Waals surface area contributed by atoms with Crippen molar-refractivity contribution in [1.82, 2.24) is 4.90 Å². The predicted molar refractivity (Wildman–Crippen MR) is 110 cm³/mol. The van der Waals surface area contributed by atoms with E-state index in [1.807, 2.05) is 27.8 Å². The van der Waals surface area contributed by atoms with E-state index < -0.39 is 5.60 Å². The lowest BCUT2D eigenvalue weighted by molar-refractivity contribution is -0.172. The van der Waals surface area contributed by atoms with Gasteiger partial charge in [-0.3, -0.25) is 9.59 Å². The van der Waals surface area contributed by atoms with Crippen molar-refractivity contribution in [3.8, 4) is 0 Å². The van der Waals surface area contributed by atoms with Crippen LogP contribution in [0.25, 0.3) is 0 Å². The summed E-state index contributed by atoms with van der Waals surface area (Å²) in [6.45, 7) is 10.7. The van der Waals surface area contributed by atoms with E-state index in [1.165, 1.54) is 12.8 Å². The molecule has 1 aliphatic heterocycles. The summed E-state index contributed by atoms with van der Waals surface area (Å²) in [5.41, 5.74) is -0.0759. The minimum absolute atomic E-state index is 0.0267. The van der Waals surface area contributed by atoms with Crippen molar-refractivity contribution >= 4 is 11.9 Å². The van der Waals surface area contributed by atoms with Crippen molar-refractivity contribution in [2.24, 2.45) is 34.5 Å². The number of rotatable bonds is 1. The molecule has 4 nitrogen and oxygen atoms in total. The Hall–Kier alpha value is -1.06. The first kappa shape index (κ1) is 20.2. The van der Waals surface area contributed by atoms with Crippen LogP contribution >= 0.6 is 0 Å². The Morgan fingerprint density at radius 1 is 1.00 bits per heavy atom. The Morgan fingerprint density at radius 3 is 2.36 bits per heavy atom. The number of ether oxygens (including phenoxy) is 1. The van der Waals surface area contributed by atoms with Crippen LogP contribution in [0.2, 0.25) is 0 Å². The molecular weight excluding hydrogens is 350 g/mol. The number of hydrogen-bond acceptors (Lipinski definition) is 3. The second kappa shape index (κ2) is 6.47. The lowest BCUT2D eigenvalue weighted by atomic mass is 9.47. The summed E-state index contributed by atoms with van der Waals surface area (Å²) in [6, 6.07) is 0.405. The second-order valence-corrected chi connectivity index (χ2v) is 11.7. The average molecular weight is 390 g/mol. The van der Waals surface area contributed by atoms with Crippen LogP contribution in [-0.2, 0) is 14.3 Å². The molecule has 1 unspecified atom stereocenters. The first-order valence-electron chi connectivity index (χ1n) is 11.5. The Morgan fingerprint density at radius 2 is 1.68 bits per heavy atom. The monoisotopic (exact) mass is 389 g/mol. The van der Waals surface area contributed by atoms with Crippen LogP contribution in [0.4, 0.5) is 0 Å². The van der Waals surface area contributed by atoms with Gasteiger partial charge in [0.15, 0.2) is 0 Å². The fourth-order valence-corrected chi connectivity index (χ4v) is 7.91. The largest absolute Gasteiger partial charge is 0.460 e. The predicted octanol–water partition coefficient (Wildman–Crippen LogP) is 4.81. The summed E-state index contributed by atoms with van der Waals surface area (Å²) < 4.78 is 5.82. The lowest BCUT2D eigenvalue weighted by Gasteiger charge is -2.61. The molecule has 3 saturated carbocycles. The highest BCUT2D eigenvalue weighted by atomic mass is 16.6. The van der Waals surface area contributed by atoms with Crippen LogP contribution in [0.1, 0.15) is 86.0 Å². The van der Waals surface area contributed by atoms with Gasteiger partial charge in [0.2, 0.25) is 5.91 Å². The molecule has 3 aliphatic carbocycles. The first-order valence-corrected chi connectivity index (χ1v) is 11.5. The molecule has 0 aromatic rings. The molecule has 1 heterocycles. The molecule has 158 valence electrons. The quantitative estimate of drug-likeness (QED) is 0.605. The van der Waals surface area contributed by atoms with E-state index in [9.17, 15) is 9.59 Å². The zero-order valence-corrected chi connectivity index (χ0v) is 18.7. The van der Waals surface area contributed by atoms with Crippen LogP contribution in [0.3, 0.4) is 0 Å². The lowest BCUT2D eigenvalue weighted by Crippen LogP contribution is -2.61. The third kappa shape index (κ3) is 2.92. The Bertz CT molecular complexity index is 667.